The van der Waals surface area contributed by atoms with Crippen molar-refractivity contribution in [3.63, 3.8) is 0 Å². The predicted octanol–water partition coefficient (Wildman–Crippen LogP) is 3.30. The van der Waals surface area contributed by atoms with E-state index >= 15 is 0 Å². The summed E-state index contributed by atoms with van der Waals surface area (Å²) in [4.78, 5) is 0. The summed E-state index contributed by atoms with van der Waals surface area (Å²) in [5, 5.41) is 3.67. The van der Waals surface area contributed by atoms with E-state index in [0.717, 1.165) is 24.3 Å². The summed E-state index contributed by atoms with van der Waals surface area (Å²) < 4.78 is 24.7. The molecular formula is C17H24FNO2. The van der Waals surface area contributed by atoms with Gasteiger partial charge in [-0.1, -0.05) is 13.8 Å². The van der Waals surface area contributed by atoms with Crippen molar-refractivity contribution < 1.29 is 13.9 Å². The number of nitrogens with one attached hydrogen (secondary N) is 1. The van der Waals surface area contributed by atoms with Gasteiger partial charge in [0.15, 0.2) is 0 Å². The number of ether oxygens (including phenoxy) is 2. The molecule has 3 nitrogen and oxygen atoms in total. The molecule has 1 N–H and O–H groups in total. The molecule has 2 fully saturated rings. The van der Waals surface area contributed by atoms with Crippen LogP contribution in [0.25, 0.3) is 0 Å². The maximum absolute atomic E-state index is 13.5. The van der Waals surface area contributed by atoms with Crippen molar-refractivity contribution in [2.75, 3.05) is 13.7 Å². The SMILES string of the molecule is COc1ccc(F)cc1C(C)NC1C2CCOC2C1(C)C. The average Bonchev–Trinajstić information content (AvgIpc) is 2.91. The van der Waals surface area contributed by atoms with Crippen molar-refractivity contribution in [2.24, 2.45) is 11.3 Å². The molecular weight excluding hydrogens is 269 g/mol. The second kappa shape index (κ2) is 5.25. The summed E-state index contributed by atoms with van der Waals surface area (Å²) in [6, 6.07) is 5.12. The molecule has 1 aromatic rings. The van der Waals surface area contributed by atoms with Crippen LogP contribution in [-0.4, -0.2) is 25.9 Å². The minimum absolute atomic E-state index is 0.0430. The van der Waals surface area contributed by atoms with Gasteiger partial charge in [0.1, 0.15) is 11.6 Å². The molecule has 0 spiro atoms. The van der Waals surface area contributed by atoms with E-state index < -0.39 is 0 Å². The van der Waals surface area contributed by atoms with Gasteiger partial charge in [0.05, 0.1) is 13.2 Å². The zero-order chi connectivity index (χ0) is 15.2. The Labute approximate surface area is 125 Å². The maximum atomic E-state index is 13.5. The van der Waals surface area contributed by atoms with Gasteiger partial charge >= 0.3 is 0 Å². The Kier molecular flexibility index (Phi) is 3.70. The Morgan fingerprint density at radius 1 is 1.43 bits per heavy atom. The van der Waals surface area contributed by atoms with E-state index in [9.17, 15) is 4.39 Å². The fourth-order valence-electron chi connectivity index (χ4n) is 4.07. The van der Waals surface area contributed by atoms with Gasteiger partial charge < -0.3 is 14.8 Å². The van der Waals surface area contributed by atoms with Crippen LogP contribution in [-0.2, 0) is 4.74 Å². The van der Waals surface area contributed by atoms with E-state index in [-0.39, 0.29) is 17.3 Å². The Hall–Kier alpha value is -1.13. The lowest BCUT2D eigenvalue weighted by Crippen LogP contribution is -2.66. The van der Waals surface area contributed by atoms with E-state index in [0.29, 0.717) is 18.1 Å². The number of methoxy groups -OCH3 is 1. The van der Waals surface area contributed by atoms with Gasteiger partial charge in [0.2, 0.25) is 0 Å². The molecule has 3 rings (SSSR count). The van der Waals surface area contributed by atoms with E-state index in [1.165, 1.54) is 6.07 Å². The number of fused-ring (bicyclic) bond motifs is 1. The first kappa shape index (κ1) is 14.8. The number of benzene rings is 1. The Morgan fingerprint density at radius 2 is 2.19 bits per heavy atom. The van der Waals surface area contributed by atoms with Gasteiger partial charge in [-0.2, -0.15) is 0 Å². The summed E-state index contributed by atoms with van der Waals surface area (Å²) in [6.07, 6.45) is 1.47. The molecule has 1 saturated carbocycles. The number of halogens is 1. The molecule has 1 aliphatic heterocycles. The normalized spacial score (nSPS) is 31.4. The maximum Gasteiger partial charge on any atom is 0.123 e. The highest BCUT2D eigenvalue weighted by atomic mass is 19.1. The van der Waals surface area contributed by atoms with Gasteiger partial charge in [-0.25, -0.2) is 4.39 Å². The average molecular weight is 293 g/mol. The number of hydrogen-bond donors (Lipinski definition) is 1. The lowest BCUT2D eigenvalue weighted by molar-refractivity contribution is -0.115. The van der Waals surface area contributed by atoms with Crippen molar-refractivity contribution in [1.82, 2.24) is 5.32 Å². The van der Waals surface area contributed by atoms with Gasteiger partial charge in [-0.3, -0.25) is 0 Å². The number of rotatable bonds is 4. The summed E-state index contributed by atoms with van der Waals surface area (Å²) in [7, 11) is 1.62. The second-order valence-electron chi connectivity index (χ2n) is 6.82. The number of hydrogen-bond acceptors (Lipinski definition) is 3. The van der Waals surface area contributed by atoms with E-state index in [1.54, 1.807) is 19.2 Å². The molecule has 4 atom stereocenters. The van der Waals surface area contributed by atoms with Crippen LogP contribution in [0.5, 0.6) is 5.75 Å². The van der Waals surface area contributed by atoms with Crippen LogP contribution in [0.15, 0.2) is 18.2 Å². The van der Waals surface area contributed by atoms with Crippen LogP contribution in [0, 0.1) is 17.2 Å². The highest BCUT2D eigenvalue weighted by molar-refractivity contribution is 5.36. The zero-order valence-electron chi connectivity index (χ0n) is 13.2. The van der Waals surface area contributed by atoms with Gasteiger partial charge in [-0.05, 0) is 31.5 Å². The topological polar surface area (TPSA) is 30.5 Å². The molecule has 1 aromatic carbocycles. The van der Waals surface area contributed by atoms with Crippen molar-refractivity contribution >= 4 is 0 Å². The molecule has 0 bridgehead atoms. The summed E-state index contributed by atoms with van der Waals surface area (Å²) in [5.74, 6) is 1.07. The van der Waals surface area contributed by atoms with Crippen LogP contribution < -0.4 is 10.1 Å². The van der Waals surface area contributed by atoms with E-state index in [4.69, 9.17) is 9.47 Å². The van der Waals surface area contributed by atoms with Gasteiger partial charge in [0, 0.05) is 35.6 Å². The standard InChI is InChI=1S/C17H24FNO2/c1-10(13-9-11(18)5-6-14(13)20-4)19-15-12-7-8-21-16(12)17(15,2)3/h5-6,9-10,12,15-16,19H,7-8H2,1-4H3. The minimum Gasteiger partial charge on any atom is -0.496 e. The van der Waals surface area contributed by atoms with Crippen LogP contribution in [0.4, 0.5) is 4.39 Å². The lowest BCUT2D eigenvalue weighted by Gasteiger charge is -2.55. The minimum atomic E-state index is -0.227. The highest BCUT2D eigenvalue weighted by Gasteiger charge is 2.59. The third-order valence-electron chi connectivity index (χ3n) is 5.19. The largest absolute Gasteiger partial charge is 0.496 e. The summed E-state index contributed by atoms with van der Waals surface area (Å²) >= 11 is 0. The predicted molar refractivity (Wildman–Crippen MR) is 79.9 cm³/mol. The fourth-order valence-corrected chi connectivity index (χ4v) is 4.07. The van der Waals surface area contributed by atoms with Crippen LogP contribution >= 0.6 is 0 Å². The molecule has 2 aliphatic rings. The van der Waals surface area contributed by atoms with Crippen molar-refractivity contribution in [3.8, 4) is 5.75 Å². The molecule has 116 valence electrons. The smallest absolute Gasteiger partial charge is 0.123 e. The molecule has 1 saturated heterocycles. The first-order chi connectivity index (χ1) is 9.95. The molecule has 1 heterocycles. The molecule has 4 heteroatoms. The first-order valence-electron chi connectivity index (χ1n) is 7.66. The first-order valence-corrected chi connectivity index (χ1v) is 7.66. The van der Waals surface area contributed by atoms with Crippen LogP contribution in [0.3, 0.4) is 0 Å². The molecule has 1 aliphatic carbocycles. The Bertz CT molecular complexity index is 532. The molecule has 21 heavy (non-hydrogen) atoms. The molecule has 0 amide bonds. The Balaban J connectivity index is 1.78. The summed E-state index contributed by atoms with van der Waals surface area (Å²) in [5.41, 5.74) is 0.992. The summed E-state index contributed by atoms with van der Waals surface area (Å²) in [6.45, 7) is 7.41. The molecule has 4 unspecified atom stereocenters. The third-order valence-corrected chi connectivity index (χ3v) is 5.19. The van der Waals surface area contributed by atoms with Crippen LogP contribution in [0.1, 0.15) is 38.8 Å². The van der Waals surface area contributed by atoms with E-state index in [1.807, 2.05) is 0 Å². The van der Waals surface area contributed by atoms with Gasteiger partial charge in [0.25, 0.3) is 0 Å². The quantitative estimate of drug-likeness (QED) is 0.924. The lowest BCUT2D eigenvalue weighted by atomic mass is 9.57. The zero-order valence-corrected chi connectivity index (χ0v) is 13.2. The monoisotopic (exact) mass is 293 g/mol. The third kappa shape index (κ3) is 2.34. The Morgan fingerprint density at radius 3 is 2.90 bits per heavy atom. The van der Waals surface area contributed by atoms with Crippen molar-refractivity contribution in [1.29, 1.82) is 0 Å². The van der Waals surface area contributed by atoms with Crippen LogP contribution in [0.2, 0.25) is 0 Å². The van der Waals surface area contributed by atoms with E-state index in [2.05, 4.69) is 26.1 Å². The highest BCUT2D eigenvalue weighted by Crippen LogP contribution is 2.52. The second-order valence-corrected chi connectivity index (χ2v) is 6.82. The molecule has 0 aromatic heterocycles. The molecule has 0 radical (unpaired) electrons. The van der Waals surface area contributed by atoms with Crippen molar-refractivity contribution in [2.45, 2.75) is 45.4 Å². The fraction of sp³-hybridized carbons (Fsp3) is 0.647. The van der Waals surface area contributed by atoms with Gasteiger partial charge in [-0.15, -0.1) is 0 Å². The van der Waals surface area contributed by atoms with Crippen molar-refractivity contribution in [3.05, 3.63) is 29.6 Å².